The molecule has 0 saturated heterocycles. The number of nitrogens with two attached hydrogens (primary N) is 1. The number of halogens is 1. The molecule has 0 radical (unpaired) electrons. The number of tetrazole rings is 1. The second kappa shape index (κ2) is 3.52. The monoisotopic (exact) mass is 259 g/mol. The Labute approximate surface area is 86.5 Å². The van der Waals surface area contributed by atoms with Crippen LogP contribution in [0.4, 0.5) is 0 Å². The second-order valence-corrected chi connectivity index (χ2v) is 4.27. The molecule has 2 rings (SSSR count). The average Bonchev–Trinajstić information content (AvgIpc) is 2.72. The second-order valence-electron chi connectivity index (χ2n) is 2.41. The molecule has 1 unspecified atom stereocenters. The fourth-order valence-corrected chi connectivity index (χ4v) is 2.36. The van der Waals surface area contributed by atoms with Gasteiger partial charge in [-0.15, -0.1) is 21.5 Å². The molecule has 1 atom stereocenters. The van der Waals surface area contributed by atoms with Crippen LogP contribution in [0.5, 0.6) is 0 Å². The fourth-order valence-electron chi connectivity index (χ4n) is 0.920. The van der Waals surface area contributed by atoms with E-state index in [0.29, 0.717) is 5.82 Å². The van der Waals surface area contributed by atoms with E-state index in [9.17, 15) is 0 Å². The van der Waals surface area contributed by atoms with E-state index in [4.69, 9.17) is 5.73 Å². The van der Waals surface area contributed by atoms with Gasteiger partial charge in [-0.05, 0) is 22.0 Å². The minimum atomic E-state index is -0.296. The van der Waals surface area contributed by atoms with Crippen LogP contribution in [0, 0.1) is 0 Å². The van der Waals surface area contributed by atoms with Crippen molar-refractivity contribution in [2.75, 3.05) is 0 Å². The summed E-state index contributed by atoms with van der Waals surface area (Å²) >= 11 is 4.92. The maximum Gasteiger partial charge on any atom is 0.196 e. The Morgan fingerprint density at radius 1 is 1.62 bits per heavy atom. The number of thiophene rings is 1. The highest BCUT2D eigenvalue weighted by Gasteiger charge is 2.14. The number of nitrogens with zero attached hydrogens (tertiary/aromatic N) is 3. The maximum atomic E-state index is 5.88. The van der Waals surface area contributed by atoms with Gasteiger partial charge in [0.15, 0.2) is 5.82 Å². The quantitative estimate of drug-likeness (QED) is 0.846. The summed E-state index contributed by atoms with van der Waals surface area (Å²) in [5, 5.41) is 15.4. The highest BCUT2D eigenvalue weighted by atomic mass is 79.9. The van der Waals surface area contributed by atoms with Crippen LogP contribution >= 0.6 is 27.3 Å². The van der Waals surface area contributed by atoms with E-state index < -0.39 is 0 Å². The van der Waals surface area contributed by atoms with Crippen molar-refractivity contribution in [2.45, 2.75) is 6.04 Å². The van der Waals surface area contributed by atoms with Gasteiger partial charge < -0.3 is 5.73 Å². The Kier molecular flexibility index (Phi) is 2.38. The van der Waals surface area contributed by atoms with Crippen LogP contribution in [-0.2, 0) is 0 Å². The lowest BCUT2D eigenvalue weighted by Gasteiger charge is -2.01. The molecule has 13 heavy (non-hydrogen) atoms. The number of nitrogens with one attached hydrogen (secondary N) is 1. The molecule has 0 aliphatic heterocycles. The Hall–Kier alpha value is -0.790. The van der Waals surface area contributed by atoms with E-state index in [2.05, 4.69) is 36.6 Å². The first-order valence-corrected chi connectivity index (χ1v) is 5.17. The van der Waals surface area contributed by atoms with Crippen LogP contribution in [0.25, 0.3) is 0 Å². The van der Waals surface area contributed by atoms with Crippen molar-refractivity contribution >= 4 is 27.3 Å². The van der Waals surface area contributed by atoms with E-state index in [-0.39, 0.29) is 6.04 Å². The molecule has 5 nitrogen and oxygen atoms in total. The van der Waals surface area contributed by atoms with Gasteiger partial charge >= 0.3 is 0 Å². The molecule has 2 heterocycles. The van der Waals surface area contributed by atoms with Crippen LogP contribution in [0.2, 0.25) is 0 Å². The molecule has 2 aromatic rings. The topological polar surface area (TPSA) is 80.5 Å². The number of rotatable bonds is 2. The predicted molar refractivity (Wildman–Crippen MR) is 52.2 cm³/mol. The number of aromatic amines is 1. The zero-order valence-corrected chi connectivity index (χ0v) is 8.84. The smallest absolute Gasteiger partial charge is 0.196 e. The lowest BCUT2D eigenvalue weighted by Crippen LogP contribution is -2.12. The van der Waals surface area contributed by atoms with Crippen molar-refractivity contribution in [1.82, 2.24) is 20.6 Å². The van der Waals surface area contributed by atoms with Crippen molar-refractivity contribution < 1.29 is 0 Å². The van der Waals surface area contributed by atoms with Crippen LogP contribution in [0.15, 0.2) is 15.9 Å². The average molecular weight is 260 g/mol. The van der Waals surface area contributed by atoms with Crippen molar-refractivity contribution in [3.8, 4) is 0 Å². The number of hydrogen-bond donors (Lipinski definition) is 2. The summed E-state index contributed by atoms with van der Waals surface area (Å²) in [6, 6.07) is 1.65. The lowest BCUT2D eigenvalue weighted by atomic mass is 10.2. The first-order valence-electron chi connectivity index (χ1n) is 3.50. The molecule has 0 amide bonds. The molecular weight excluding hydrogens is 254 g/mol. The molecule has 7 heteroatoms. The normalized spacial score (nSPS) is 13.1. The largest absolute Gasteiger partial charge is 0.317 e. The standard InChI is InChI=1S/C6H6BrN5S/c7-3-1-4(13-2-3)5(8)6-9-11-12-10-6/h1-2,5H,8H2,(H,9,10,11,12). The highest BCUT2D eigenvalue weighted by molar-refractivity contribution is 9.10. The first kappa shape index (κ1) is 8.79. The summed E-state index contributed by atoms with van der Waals surface area (Å²) < 4.78 is 1.02. The number of aromatic nitrogens is 4. The highest BCUT2D eigenvalue weighted by Crippen LogP contribution is 2.26. The Bertz CT molecular complexity index is 383. The third-order valence-corrected chi connectivity index (χ3v) is 3.31. The fraction of sp³-hybridized carbons (Fsp3) is 0.167. The van der Waals surface area contributed by atoms with E-state index in [1.165, 1.54) is 0 Å². The molecule has 0 aromatic carbocycles. The zero-order valence-electron chi connectivity index (χ0n) is 6.44. The van der Waals surface area contributed by atoms with E-state index in [0.717, 1.165) is 9.35 Å². The summed E-state index contributed by atoms with van der Waals surface area (Å²) in [5.41, 5.74) is 5.88. The summed E-state index contributed by atoms with van der Waals surface area (Å²) in [6.07, 6.45) is 0. The molecule has 0 spiro atoms. The van der Waals surface area contributed by atoms with Gasteiger partial charge in [-0.25, -0.2) is 0 Å². The number of H-pyrrole nitrogens is 1. The van der Waals surface area contributed by atoms with E-state index >= 15 is 0 Å². The zero-order chi connectivity index (χ0) is 9.26. The van der Waals surface area contributed by atoms with Crippen molar-refractivity contribution in [3.05, 3.63) is 26.6 Å². The minimum Gasteiger partial charge on any atom is -0.317 e. The molecular formula is C6H6BrN5S. The van der Waals surface area contributed by atoms with Crippen molar-refractivity contribution in [2.24, 2.45) is 5.73 Å². The summed E-state index contributed by atoms with van der Waals surface area (Å²) in [7, 11) is 0. The van der Waals surface area contributed by atoms with Crippen molar-refractivity contribution in [1.29, 1.82) is 0 Å². The lowest BCUT2D eigenvalue weighted by molar-refractivity contribution is 0.799. The molecule has 0 saturated carbocycles. The van der Waals surface area contributed by atoms with Gasteiger partial charge in [0.25, 0.3) is 0 Å². The Balaban J connectivity index is 2.28. The van der Waals surface area contributed by atoms with Gasteiger partial charge in [0.05, 0.1) is 0 Å². The van der Waals surface area contributed by atoms with Gasteiger partial charge in [-0.1, -0.05) is 5.21 Å². The third-order valence-electron chi connectivity index (χ3n) is 1.53. The molecule has 0 aliphatic carbocycles. The Morgan fingerprint density at radius 2 is 2.46 bits per heavy atom. The van der Waals surface area contributed by atoms with E-state index in [1.807, 2.05) is 11.4 Å². The molecule has 2 aromatic heterocycles. The Morgan fingerprint density at radius 3 is 3.00 bits per heavy atom. The molecule has 0 aliphatic rings. The SMILES string of the molecule is NC(c1nn[nH]n1)c1cc(Br)cs1. The van der Waals surface area contributed by atoms with Crippen molar-refractivity contribution in [3.63, 3.8) is 0 Å². The minimum absolute atomic E-state index is 0.296. The molecule has 68 valence electrons. The number of hydrogen-bond acceptors (Lipinski definition) is 5. The predicted octanol–water partition coefficient (Wildman–Crippen LogP) is 1.07. The van der Waals surface area contributed by atoms with Gasteiger partial charge in [0.2, 0.25) is 0 Å². The van der Waals surface area contributed by atoms with Crippen LogP contribution < -0.4 is 5.73 Å². The molecule has 0 fully saturated rings. The molecule has 3 N–H and O–H groups in total. The van der Waals surface area contributed by atoms with Crippen LogP contribution in [0.1, 0.15) is 16.7 Å². The van der Waals surface area contributed by atoms with Crippen LogP contribution in [0.3, 0.4) is 0 Å². The van der Waals surface area contributed by atoms with Gasteiger partial charge in [0, 0.05) is 14.7 Å². The third kappa shape index (κ3) is 1.77. The first-order chi connectivity index (χ1) is 6.27. The van der Waals surface area contributed by atoms with Gasteiger partial charge in [0.1, 0.15) is 6.04 Å². The summed E-state index contributed by atoms with van der Waals surface area (Å²) in [6.45, 7) is 0. The van der Waals surface area contributed by atoms with Crippen LogP contribution in [-0.4, -0.2) is 20.6 Å². The van der Waals surface area contributed by atoms with Gasteiger partial charge in [-0.2, -0.15) is 5.21 Å². The molecule has 0 bridgehead atoms. The van der Waals surface area contributed by atoms with E-state index in [1.54, 1.807) is 11.3 Å². The maximum absolute atomic E-state index is 5.88. The summed E-state index contributed by atoms with van der Waals surface area (Å²) in [4.78, 5) is 1.01. The summed E-state index contributed by atoms with van der Waals surface area (Å²) in [5.74, 6) is 0.509. The van der Waals surface area contributed by atoms with Gasteiger partial charge in [-0.3, -0.25) is 0 Å².